The molecular weight excluding hydrogens is 262 g/mol. The summed E-state index contributed by atoms with van der Waals surface area (Å²) in [5.41, 5.74) is 6.19. The molecule has 6 heteroatoms. The van der Waals surface area contributed by atoms with Crippen LogP contribution in [0.15, 0.2) is 24.3 Å². The second kappa shape index (κ2) is 7.62. The maximum absolute atomic E-state index is 11.2. The number of ether oxygens (including phenoxy) is 1. The van der Waals surface area contributed by atoms with Gasteiger partial charge in [-0.15, -0.1) is 0 Å². The number of amides is 1. The predicted octanol–water partition coefficient (Wildman–Crippen LogP) is 0.0619. The van der Waals surface area contributed by atoms with Crippen molar-refractivity contribution in [2.75, 3.05) is 7.11 Å². The summed E-state index contributed by atoms with van der Waals surface area (Å²) in [6.45, 7) is 0. The van der Waals surface area contributed by atoms with Crippen LogP contribution in [-0.2, 0) is 20.7 Å². The number of primary amides is 1. The van der Waals surface area contributed by atoms with Crippen LogP contribution in [0, 0.1) is 0 Å². The normalized spacial score (nSPS) is 13.6. The van der Waals surface area contributed by atoms with Crippen molar-refractivity contribution in [2.45, 2.75) is 31.5 Å². The second-order valence-corrected chi connectivity index (χ2v) is 4.46. The van der Waals surface area contributed by atoms with Crippen molar-refractivity contribution in [1.82, 2.24) is 0 Å². The van der Waals surface area contributed by atoms with Gasteiger partial charge in [-0.2, -0.15) is 0 Å². The largest absolute Gasteiger partial charge is 0.469 e. The van der Waals surface area contributed by atoms with Crippen molar-refractivity contribution in [1.29, 1.82) is 0 Å². The number of nitrogens with two attached hydrogens (primary N) is 1. The lowest BCUT2D eigenvalue weighted by Crippen LogP contribution is -2.26. The first kappa shape index (κ1) is 16.1. The summed E-state index contributed by atoms with van der Waals surface area (Å²) in [5, 5.41) is 19.8. The molecule has 4 N–H and O–H groups in total. The minimum Gasteiger partial charge on any atom is -0.469 e. The molecule has 0 aliphatic heterocycles. The fraction of sp³-hybridized carbons (Fsp3) is 0.429. The highest BCUT2D eigenvalue weighted by Crippen LogP contribution is 2.23. The molecule has 0 saturated carbocycles. The molecule has 110 valence electrons. The zero-order chi connectivity index (χ0) is 15.1. The van der Waals surface area contributed by atoms with Gasteiger partial charge >= 0.3 is 5.97 Å². The van der Waals surface area contributed by atoms with Gasteiger partial charge in [-0.3, -0.25) is 9.59 Å². The fourth-order valence-electron chi connectivity index (χ4n) is 1.91. The number of aryl methyl sites for hydroxylation is 1. The first-order chi connectivity index (χ1) is 9.45. The zero-order valence-electron chi connectivity index (χ0n) is 11.3. The van der Waals surface area contributed by atoms with Crippen molar-refractivity contribution in [3.63, 3.8) is 0 Å². The Labute approximate surface area is 117 Å². The van der Waals surface area contributed by atoms with Crippen molar-refractivity contribution >= 4 is 11.9 Å². The lowest BCUT2D eigenvalue weighted by atomic mass is 9.94. The molecule has 20 heavy (non-hydrogen) atoms. The second-order valence-electron chi connectivity index (χ2n) is 4.46. The molecule has 1 aromatic rings. The van der Waals surface area contributed by atoms with Crippen LogP contribution in [0.2, 0.25) is 0 Å². The fourth-order valence-corrected chi connectivity index (χ4v) is 1.91. The average molecular weight is 281 g/mol. The molecule has 1 rings (SSSR count). The topological polar surface area (TPSA) is 110 Å². The SMILES string of the molecule is COC(=O)CCc1ccccc1C(O)C(O)CC(N)=O. The number of benzene rings is 1. The molecule has 0 aliphatic carbocycles. The summed E-state index contributed by atoms with van der Waals surface area (Å²) in [4.78, 5) is 21.9. The summed E-state index contributed by atoms with van der Waals surface area (Å²) in [6.07, 6.45) is -2.27. The summed E-state index contributed by atoms with van der Waals surface area (Å²) in [6, 6.07) is 6.86. The van der Waals surface area contributed by atoms with Gasteiger partial charge < -0.3 is 20.7 Å². The minimum absolute atomic E-state index is 0.173. The zero-order valence-corrected chi connectivity index (χ0v) is 11.3. The number of aliphatic hydroxyl groups excluding tert-OH is 2. The van der Waals surface area contributed by atoms with Gasteiger partial charge in [0.2, 0.25) is 5.91 Å². The Morgan fingerprint density at radius 1 is 1.30 bits per heavy atom. The first-order valence-electron chi connectivity index (χ1n) is 6.24. The number of carbonyl (C=O) groups excluding carboxylic acids is 2. The quantitative estimate of drug-likeness (QED) is 0.612. The van der Waals surface area contributed by atoms with E-state index in [2.05, 4.69) is 4.74 Å². The van der Waals surface area contributed by atoms with Crippen LogP contribution >= 0.6 is 0 Å². The summed E-state index contributed by atoms with van der Waals surface area (Å²) in [7, 11) is 1.31. The Morgan fingerprint density at radius 3 is 2.55 bits per heavy atom. The van der Waals surface area contributed by atoms with Gasteiger partial charge in [-0.1, -0.05) is 24.3 Å². The van der Waals surface area contributed by atoms with Crippen LogP contribution in [0.25, 0.3) is 0 Å². The van der Waals surface area contributed by atoms with Gasteiger partial charge in [-0.05, 0) is 17.5 Å². The molecule has 0 bridgehead atoms. The van der Waals surface area contributed by atoms with E-state index in [4.69, 9.17) is 5.73 Å². The van der Waals surface area contributed by atoms with Gasteiger partial charge in [0.05, 0.1) is 19.6 Å². The number of carbonyl (C=O) groups is 2. The highest BCUT2D eigenvalue weighted by Gasteiger charge is 2.22. The Kier molecular flexibility index (Phi) is 6.14. The molecule has 2 unspecified atom stereocenters. The number of hydrogen-bond acceptors (Lipinski definition) is 5. The standard InChI is InChI=1S/C14H19NO5/c1-20-13(18)7-6-9-4-2-3-5-10(9)14(19)11(16)8-12(15)17/h2-5,11,14,16,19H,6-8H2,1H3,(H2,15,17). The number of methoxy groups -OCH3 is 1. The van der Waals surface area contributed by atoms with E-state index in [0.717, 1.165) is 0 Å². The molecule has 1 aromatic carbocycles. The van der Waals surface area contributed by atoms with Crippen LogP contribution < -0.4 is 5.73 Å². The van der Waals surface area contributed by atoms with E-state index in [-0.39, 0.29) is 18.8 Å². The lowest BCUT2D eigenvalue weighted by Gasteiger charge is -2.19. The van der Waals surface area contributed by atoms with E-state index in [0.29, 0.717) is 17.5 Å². The van der Waals surface area contributed by atoms with Crippen LogP contribution in [0.5, 0.6) is 0 Å². The van der Waals surface area contributed by atoms with Crippen molar-refractivity contribution in [3.8, 4) is 0 Å². The summed E-state index contributed by atoms with van der Waals surface area (Å²) >= 11 is 0. The van der Waals surface area contributed by atoms with Crippen molar-refractivity contribution in [2.24, 2.45) is 5.73 Å². The van der Waals surface area contributed by atoms with E-state index >= 15 is 0 Å². The maximum Gasteiger partial charge on any atom is 0.305 e. The maximum atomic E-state index is 11.2. The molecule has 0 heterocycles. The summed E-state index contributed by atoms with van der Waals surface area (Å²) in [5.74, 6) is -1.05. The number of hydrogen-bond donors (Lipinski definition) is 3. The Hall–Kier alpha value is -1.92. The molecule has 0 fully saturated rings. The van der Waals surface area contributed by atoms with Crippen molar-refractivity contribution < 1.29 is 24.5 Å². The predicted molar refractivity (Wildman–Crippen MR) is 71.6 cm³/mol. The van der Waals surface area contributed by atoms with Gasteiger partial charge in [0.15, 0.2) is 0 Å². The Bertz CT molecular complexity index is 474. The third kappa shape index (κ3) is 4.64. The number of esters is 1. The minimum atomic E-state index is -1.27. The molecule has 2 atom stereocenters. The van der Waals surface area contributed by atoms with Crippen LogP contribution in [-0.4, -0.2) is 35.3 Å². The third-order valence-corrected chi connectivity index (χ3v) is 2.97. The first-order valence-corrected chi connectivity index (χ1v) is 6.24. The Morgan fingerprint density at radius 2 is 1.95 bits per heavy atom. The molecule has 0 aromatic heterocycles. The van der Waals surface area contributed by atoms with E-state index in [9.17, 15) is 19.8 Å². The molecule has 0 spiro atoms. The van der Waals surface area contributed by atoms with E-state index in [1.165, 1.54) is 7.11 Å². The van der Waals surface area contributed by atoms with Crippen LogP contribution in [0.3, 0.4) is 0 Å². The Balaban J connectivity index is 2.83. The van der Waals surface area contributed by atoms with Gasteiger partial charge in [0, 0.05) is 6.42 Å². The molecule has 0 radical (unpaired) electrons. The number of aliphatic hydroxyl groups is 2. The molecular formula is C14H19NO5. The highest BCUT2D eigenvalue weighted by molar-refractivity contribution is 5.74. The van der Waals surface area contributed by atoms with Gasteiger partial charge in [0.25, 0.3) is 0 Å². The lowest BCUT2D eigenvalue weighted by molar-refractivity contribution is -0.140. The smallest absolute Gasteiger partial charge is 0.305 e. The molecule has 0 saturated heterocycles. The monoisotopic (exact) mass is 281 g/mol. The van der Waals surface area contributed by atoms with E-state index in [1.54, 1.807) is 24.3 Å². The number of rotatable bonds is 7. The average Bonchev–Trinajstić information content (AvgIpc) is 2.43. The highest BCUT2D eigenvalue weighted by atomic mass is 16.5. The van der Waals surface area contributed by atoms with E-state index in [1.807, 2.05) is 0 Å². The van der Waals surface area contributed by atoms with E-state index < -0.39 is 18.1 Å². The van der Waals surface area contributed by atoms with Crippen molar-refractivity contribution in [3.05, 3.63) is 35.4 Å². The molecule has 0 aliphatic rings. The molecule has 6 nitrogen and oxygen atoms in total. The van der Waals surface area contributed by atoms with Gasteiger partial charge in [0.1, 0.15) is 6.10 Å². The van der Waals surface area contributed by atoms with Crippen LogP contribution in [0.4, 0.5) is 0 Å². The molecule has 1 amide bonds. The van der Waals surface area contributed by atoms with Gasteiger partial charge in [-0.25, -0.2) is 0 Å². The summed E-state index contributed by atoms with van der Waals surface area (Å²) < 4.78 is 4.56. The van der Waals surface area contributed by atoms with Crippen LogP contribution in [0.1, 0.15) is 30.1 Å². The third-order valence-electron chi connectivity index (χ3n) is 2.97.